The van der Waals surface area contributed by atoms with Gasteiger partial charge in [0, 0.05) is 17.0 Å². The number of nitro benzene ring substituents is 1. The fourth-order valence-corrected chi connectivity index (χ4v) is 3.09. The van der Waals surface area contributed by atoms with Gasteiger partial charge < -0.3 is 5.32 Å². The van der Waals surface area contributed by atoms with E-state index >= 15 is 0 Å². The highest BCUT2D eigenvalue weighted by Crippen LogP contribution is 2.27. The van der Waals surface area contributed by atoms with Gasteiger partial charge in [-0.3, -0.25) is 14.9 Å². The maximum Gasteiger partial charge on any atom is 0.282 e. The smallest absolute Gasteiger partial charge is 0.282 e. The fourth-order valence-electron chi connectivity index (χ4n) is 2.65. The minimum Gasteiger partial charge on any atom is -0.349 e. The zero-order chi connectivity index (χ0) is 15.4. The number of carbonyl (C=O) groups is 1. The lowest BCUT2D eigenvalue weighted by Crippen LogP contribution is -2.37. The van der Waals surface area contributed by atoms with E-state index in [1.54, 1.807) is 12.1 Å². The highest BCUT2D eigenvalue weighted by Gasteiger charge is 2.25. The maximum absolute atomic E-state index is 12.4. The SMILES string of the molecule is CSc1ccc([N+](=O)[O-])c(C(=O)NC2CCC(C)CC2)c1. The van der Waals surface area contributed by atoms with Crippen LogP contribution in [0.4, 0.5) is 5.69 Å². The number of nitro groups is 1. The highest BCUT2D eigenvalue weighted by molar-refractivity contribution is 7.98. The molecule has 1 fully saturated rings. The Balaban J connectivity index is 2.15. The van der Waals surface area contributed by atoms with E-state index < -0.39 is 4.92 Å². The first-order chi connectivity index (χ1) is 10.0. The second-order valence-corrected chi connectivity index (χ2v) is 6.45. The van der Waals surface area contributed by atoms with Crippen molar-refractivity contribution in [2.24, 2.45) is 5.92 Å². The number of hydrogen-bond donors (Lipinski definition) is 1. The Morgan fingerprint density at radius 3 is 2.57 bits per heavy atom. The molecule has 2 rings (SSSR count). The van der Waals surface area contributed by atoms with Crippen LogP contribution in [0, 0.1) is 16.0 Å². The van der Waals surface area contributed by atoms with E-state index in [1.165, 1.54) is 17.8 Å². The monoisotopic (exact) mass is 308 g/mol. The largest absolute Gasteiger partial charge is 0.349 e. The molecule has 114 valence electrons. The van der Waals surface area contributed by atoms with Gasteiger partial charge in [0.1, 0.15) is 5.56 Å². The Hall–Kier alpha value is -1.56. The summed E-state index contributed by atoms with van der Waals surface area (Å²) in [4.78, 5) is 23.8. The molecule has 0 radical (unpaired) electrons. The Morgan fingerprint density at radius 2 is 2.00 bits per heavy atom. The van der Waals surface area contributed by atoms with Crippen LogP contribution in [0.1, 0.15) is 43.0 Å². The van der Waals surface area contributed by atoms with Crippen molar-refractivity contribution in [3.63, 3.8) is 0 Å². The van der Waals surface area contributed by atoms with Crippen LogP contribution in [0.2, 0.25) is 0 Å². The van der Waals surface area contributed by atoms with Crippen LogP contribution < -0.4 is 5.32 Å². The molecule has 21 heavy (non-hydrogen) atoms. The van der Waals surface area contributed by atoms with Gasteiger partial charge >= 0.3 is 0 Å². The zero-order valence-corrected chi connectivity index (χ0v) is 13.1. The molecule has 1 saturated carbocycles. The van der Waals surface area contributed by atoms with Gasteiger partial charge in [-0.1, -0.05) is 6.92 Å². The first-order valence-electron chi connectivity index (χ1n) is 7.14. The Labute approximate surface area is 128 Å². The lowest BCUT2D eigenvalue weighted by atomic mass is 9.87. The van der Waals surface area contributed by atoms with Crippen LogP contribution in [-0.4, -0.2) is 23.1 Å². The molecule has 1 amide bonds. The Bertz CT molecular complexity index is 540. The number of rotatable bonds is 4. The van der Waals surface area contributed by atoms with E-state index in [4.69, 9.17) is 0 Å². The van der Waals surface area contributed by atoms with Gasteiger partial charge in [-0.05, 0) is 50.0 Å². The van der Waals surface area contributed by atoms with Gasteiger partial charge in [0.15, 0.2) is 0 Å². The van der Waals surface area contributed by atoms with E-state index in [2.05, 4.69) is 12.2 Å². The van der Waals surface area contributed by atoms with Crippen molar-refractivity contribution in [2.75, 3.05) is 6.26 Å². The van der Waals surface area contributed by atoms with Gasteiger partial charge in [-0.25, -0.2) is 0 Å². The third-order valence-electron chi connectivity index (χ3n) is 4.00. The minimum atomic E-state index is -0.498. The van der Waals surface area contributed by atoms with E-state index in [0.717, 1.165) is 30.6 Å². The van der Waals surface area contributed by atoms with Crippen LogP contribution in [0.25, 0.3) is 0 Å². The molecule has 1 aliphatic rings. The molecule has 0 aliphatic heterocycles. The molecule has 1 aliphatic carbocycles. The molecular weight excluding hydrogens is 288 g/mol. The number of amides is 1. The third kappa shape index (κ3) is 3.97. The highest BCUT2D eigenvalue weighted by atomic mass is 32.2. The minimum absolute atomic E-state index is 0.130. The summed E-state index contributed by atoms with van der Waals surface area (Å²) in [5.41, 5.74) is 0.0277. The summed E-state index contributed by atoms with van der Waals surface area (Å²) in [6.07, 6.45) is 5.97. The van der Waals surface area contributed by atoms with E-state index in [1.807, 2.05) is 6.26 Å². The molecule has 0 unspecified atom stereocenters. The Morgan fingerprint density at radius 1 is 1.33 bits per heavy atom. The predicted octanol–water partition coefficient (Wildman–Crippen LogP) is 3.63. The number of hydrogen-bond acceptors (Lipinski definition) is 4. The summed E-state index contributed by atoms with van der Waals surface area (Å²) >= 11 is 1.46. The predicted molar refractivity (Wildman–Crippen MR) is 83.8 cm³/mol. The second kappa shape index (κ2) is 6.93. The van der Waals surface area contributed by atoms with Crippen molar-refractivity contribution in [1.29, 1.82) is 0 Å². The van der Waals surface area contributed by atoms with Crippen LogP contribution in [0.15, 0.2) is 23.1 Å². The third-order valence-corrected chi connectivity index (χ3v) is 4.72. The van der Waals surface area contributed by atoms with Crippen LogP contribution in [0.3, 0.4) is 0 Å². The number of nitrogens with one attached hydrogen (secondary N) is 1. The standard InChI is InChI=1S/C15H20N2O3S/c1-10-3-5-11(6-4-10)16-15(18)13-9-12(21-2)7-8-14(13)17(19)20/h7-11H,3-6H2,1-2H3,(H,16,18). The molecule has 5 nitrogen and oxygen atoms in total. The average molecular weight is 308 g/mol. The van der Waals surface area contributed by atoms with Gasteiger partial charge in [0.2, 0.25) is 0 Å². The zero-order valence-electron chi connectivity index (χ0n) is 12.3. The molecule has 6 heteroatoms. The number of carbonyl (C=O) groups excluding carboxylic acids is 1. The van der Waals surface area contributed by atoms with Crippen LogP contribution in [0.5, 0.6) is 0 Å². The first-order valence-corrected chi connectivity index (χ1v) is 8.37. The molecule has 0 saturated heterocycles. The summed E-state index contributed by atoms with van der Waals surface area (Å²) in [6.45, 7) is 2.21. The Kier molecular flexibility index (Phi) is 5.22. The maximum atomic E-state index is 12.4. The summed E-state index contributed by atoms with van der Waals surface area (Å²) in [6, 6.07) is 4.81. The summed E-state index contributed by atoms with van der Waals surface area (Å²) in [5, 5.41) is 14.0. The van der Waals surface area contributed by atoms with Crippen molar-refractivity contribution in [3.8, 4) is 0 Å². The van der Waals surface area contributed by atoms with Crippen molar-refractivity contribution in [3.05, 3.63) is 33.9 Å². The van der Waals surface area contributed by atoms with Crippen molar-refractivity contribution in [1.82, 2.24) is 5.32 Å². The van der Waals surface area contributed by atoms with Crippen LogP contribution in [-0.2, 0) is 0 Å². The van der Waals surface area contributed by atoms with Crippen molar-refractivity contribution in [2.45, 2.75) is 43.5 Å². The van der Waals surface area contributed by atoms with Gasteiger partial charge in [-0.2, -0.15) is 0 Å². The van der Waals surface area contributed by atoms with Crippen LogP contribution >= 0.6 is 11.8 Å². The average Bonchev–Trinajstić information content (AvgIpc) is 2.48. The lowest BCUT2D eigenvalue weighted by Gasteiger charge is -2.26. The van der Waals surface area contributed by atoms with Gasteiger partial charge in [0.25, 0.3) is 11.6 Å². The van der Waals surface area contributed by atoms with Gasteiger partial charge in [0.05, 0.1) is 4.92 Å². The molecule has 1 aromatic rings. The number of thioether (sulfide) groups is 1. The molecule has 0 bridgehead atoms. The summed E-state index contributed by atoms with van der Waals surface area (Å²) in [5.74, 6) is 0.365. The first kappa shape index (κ1) is 15.8. The van der Waals surface area contributed by atoms with Crippen molar-refractivity contribution >= 4 is 23.4 Å². The topological polar surface area (TPSA) is 72.2 Å². The summed E-state index contributed by atoms with van der Waals surface area (Å²) in [7, 11) is 0. The second-order valence-electron chi connectivity index (χ2n) is 5.57. The molecule has 0 atom stereocenters. The molecular formula is C15H20N2O3S. The van der Waals surface area contributed by atoms with E-state index in [0.29, 0.717) is 5.92 Å². The molecule has 1 N–H and O–H groups in total. The molecule has 1 aromatic carbocycles. The fraction of sp³-hybridized carbons (Fsp3) is 0.533. The lowest BCUT2D eigenvalue weighted by molar-refractivity contribution is -0.385. The van der Waals surface area contributed by atoms with Crippen molar-refractivity contribution < 1.29 is 9.72 Å². The quantitative estimate of drug-likeness (QED) is 0.524. The number of nitrogens with zero attached hydrogens (tertiary/aromatic N) is 1. The van der Waals surface area contributed by atoms with Gasteiger partial charge in [-0.15, -0.1) is 11.8 Å². The van der Waals surface area contributed by atoms with E-state index in [-0.39, 0.29) is 23.2 Å². The molecule has 0 aromatic heterocycles. The normalized spacial score (nSPS) is 21.8. The molecule has 0 spiro atoms. The summed E-state index contributed by atoms with van der Waals surface area (Å²) < 4.78 is 0. The molecule has 0 heterocycles. The van der Waals surface area contributed by atoms with E-state index in [9.17, 15) is 14.9 Å². The number of benzene rings is 1.